The molecule has 13 heavy (non-hydrogen) atoms. The number of fused-ring (bicyclic) bond motifs is 1. The van der Waals surface area contributed by atoms with Crippen molar-refractivity contribution >= 4 is 11.0 Å². The van der Waals surface area contributed by atoms with Gasteiger partial charge in [0, 0.05) is 18.9 Å². The zero-order chi connectivity index (χ0) is 9.42. The fourth-order valence-corrected chi connectivity index (χ4v) is 1.81. The van der Waals surface area contributed by atoms with Crippen LogP contribution >= 0.6 is 0 Å². The molecule has 68 valence electrons. The van der Waals surface area contributed by atoms with Gasteiger partial charge in [-0.1, -0.05) is 6.92 Å². The summed E-state index contributed by atoms with van der Waals surface area (Å²) in [6.07, 6.45) is 3.13. The fraction of sp³-hybridized carbons (Fsp3) is 0.364. The van der Waals surface area contributed by atoms with E-state index >= 15 is 0 Å². The van der Waals surface area contributed by atoms with Gasteiger partial charge in [-0.25, -0.2) is 0 Å². The van der Waals surface area contributed by atoms with Crippen molar-refractivity contribution in [2.24, 2.45) is 7.05 Å². The lowest BCUT2D eigenvalue weighted by molar-refractivity contribution is 0.951. The van der Waals surface area contributed by atoms with Gasteiger partial charge in [-0.15, -0.1) is 0 Å². The van der Waals surface area contributed by atoms with Crippen molar-refractivity contribution in [2.75, 3.05) is 0 Å². The molecular weight excluding hydrogens is 160 g/mol. The molecule has 0 atom stereocenters. The highest BCUT2D eigenvalue weighted by atomic mass is 14.9. The second-order valence-corrected chi connectivity index (χ2v) is 3.44. The lowest BCUT2D eigenvalue weighted by Gasteiger charge is -2.04. The van der Waals surface area contributed by atoms with Crippen LogP contribution in [0.4, 0.5) is 0 Å². The summed E-state index contributed by atoms with van der Waals surface area (Å²) in [5.74, 6) is 0. The van der Waals surface area contributed by atoms with Crippen molar-refractivity contribution in [1.29, 1.82) is 0 Å². The minimum absolute atomic E-state index is 1.07. The topological polar surface area (TPSA) is 17.8 Å². The number of aryl methyl sites for hydroxylation is 3. The maximum atomic E-state index is 4.48. The standard InChI is InChI=1S/C11H14N2/c1-4-9-7-8(2)12-10-5-6-13(3)11(9)10/h5-7H,4H2,1-3H3. The van der Waals surface area contributed by atoms with Crippen LogP contribution in [-0.2, 0) is 13.5 Å². The van der Waals surface area contributed by atoms with Crippen LogP contribution in [-0.4, -0.2) is 9.55 Å². The highest BCUT2D eigenvalue weighted by Gasteiger charge is 2.04. The van der Waals surface area contributed by atoms with Gasteiger partial charge < -0.3 is 4.57 Å². The average molecular weight is 174 g/mol. The second kappa shape index (κ2) is 2.87. The van der Waals surface area contributed by atoms with Crippen molar-refractivity contribution in [2.45, 2.75) is 20.3 Å². The molecule has 0 aromatic carbocycles. The molecule has 0 amide bonds. The first kappa shape index (κ1) is 8.30. The molecule has 2 nitrogen and oxygen atoms in total. The van der Waals surface area contributed by atoms with Gasteiger partial charge in [-0.2, -0.15) is 0 Å². The molecule has 0 aliphatic rings. The van der Waals surface area contributed by atoms with Gasteiger partial charge in [-0.05, 0) is 31.0 Å². The molecular formula is C11H14N2. The Morgan fingerprint density at radius 3 is 2.92 bits per heavy atom. The first-order valence-electron chi connectivity index (χ1n) is 4.64. The lowest BCUT2D eigenvalue weighted by atomic mass is 10.1. The molecule has 2 heterocycles. The number of hydrogen-bond acceptors (Lipinski definition) is 1. The molecule has 0 N–H and O–H groups in total. The maximum Gasteiger partial charge on any atom is 0.0886 e. The number of pyridine rings is 1. The number of hydrogen-bond donors (Lipinski definition) is 0. The zero-order valence-corrected chi connectivity index (χ0v) is 8.33. The molecule has 0 radical (unpaired) electrons. The second-order valence-electron chi connectivity index (χ2n) is 3.44. The molecule has 2 heteroatoms. The molecule has 0 bridgehead atoms. The summed E-state index contributed by atoms with van der Waals surface area (Å²) in [5, 5.41) is 0. The predicted octanol–water partition coefficient (Wildman–Crippen LogP) is 2.44. The van der Waals surface area contributed by atoms with Crippen LogP contribution in [0.3, 0.4) is 0 Å². The van der Waals surface area contributed by atoms with E-state index in [4.69, 9.17) is 0 Å². The van der Waals surface area contributed by atoms with Crippen LogP contribution in [0, 0.1) is 6.92 Å². The third-order valence-electron chi connectivity index (χ3n) is 2.42. The summed E-state index contributed by atoms with van der Waals surface area (Å²) in [6, 6.07) is 4.24. The van der Waals surface area contributed by atoms with Crippen LogP contribution in [0.5, 0.6) is 0 Å². The molecule has 2 rings (SSSR count). The van der Waals surface area contributed by atoms with Crippen LogP contribution in [0.15, 0.2) is 18.3 Å². The average Bonchev–Trinajstić information content (AvgIpc) is 2.46. The van der Waals surface area contributed by atoms with Crippen LogP contribution < -0.4 is 0 Å². The van der Waals surface area contributed by atoms with Gasteiger partial charge in [0.2, 0.25) is 0 Å². The molecule has 2 aromatic rings. The Morgan fingerprint density at radius 1 is 1.46 bits per heavy atom. The molecule has 0 fully saturated rings. The van der Waals surface area contributed by atoms with E-state index in [1.807, 2.05) is 6.92 Å². The zero-order valence-electron chi connectivity index (χ0n) is 8.33. The number of nitrogens with zero attached hydrogens (tertiary/aromatic N) is 2. The number of rotatable bonds is 1. The Labute approximate surface area is 78.2 Å². The highest BCUT2D eigenvalue weighted by molar-refractivity contribution is 5.79. The fourth-order valence-electron chi connectivity index (χ4n) is 1.81. The van der Waals surface area contributed by atoms with E-state index in [0.29, 0.717) is 0 Å². The predicted molar refractivity (Wildman–Crippen MR) is 54.8 cm³/mol. The summed E-state index contributed by atoms with van der Waals surface area (Å²) in [6.45, 7) is 4.23. The quantitative estimate of drug-likeness (QED) is 0.649. The van der Waals surface area contributed by atoms with E-state index in [-0.39, 0.29) is 0 Å². The van der Waals surface area contributed by atoms with Crippen LogP contribution in [0.2, 0.25) is 0 Å². The highest BCUT2D eigenvalue weighted by Crippen LogP contribution is 2.18. The van der Waals surface area contributed by atoms with E-state index in [2.05, 4.69) is 41.9 Å². The van der Waals surface area contributed by atoms with Crippen molar-refractivity contribution in [3.63, 3.8) is 0 Å². The van der Waals surface area contributed by atoms with E-state index in [9.17, 15) is 0 Å². The molecule has 0 saturated heterocycles. The molecule has 0 saturated carbocycles. The third-order valence-corrected chi connectivity index (χ3v) is 2.42. The molecule has 0 unspecified atom stereocenters. The smallest absolute Gasteiger partial charge is 0.0886 e. The summed E-state index contributed by atoms with van der Waals surface area (Å²) in [7, 11) is 2.07. The van der Waals surface area contributed by atoms with E-state index in [1.165, 1.54) is 11.1 Å². The van der Waals surface area contributed by atoms with Crippen molar-refractivity contribution in [3.8, 4) is 0 Å². The van der Waals surface area contributed by atoms with Crippen LogP contribution in [0.25, 0.3) is 11.0 Å². The Kier molecular flexibility index (Phi) is 1.83. The lowest BCUT2D eigenvalue weighted by Crippen LogP contribution is -1.93. The van der Waals surface area contributed by atoms with Gasteiger partial charge in [0.15, 0.2) is 0 Å². The number of aromatic nitrogens is 2. The van der Waals surface area contributed by atoms with Gasteiger partial charge in [0.25, 0.3) is 0 Å². The molecule has 0 aliphatic heterocycles. The van der Waals surface area contributed by atoms with E-state index in [0.717, 1.165) is 17.6 Å². The molecule has 0 aliphatic carbocycles. The van der Waals surface area contributed by atoms with Gasteiger partial charge in [0.1, 0.15) is 0 Å². The van der Waals surface area contributed by atoms with Gasteiger partial charge in [-0.3, -0.25) is 4.98 Å². The normalized spacial score (nSPS) is 11.0. The Hall–Kier alpha value is -1.31. The van der Waals surface area contributed by atoms with Crippen molar-refractivity contribution < 1.29 is 0 Å². The Balaban J connectivity index is 2.85. The minimum Gasteiger partial charge on any atom is -0.349 e. The van der Waals surface area contributed by atoms with Gasteiger partial charge >= 0.3 is 0 Å². The SMILES string of the molecule is CCc1cc(C)nc2ccn(C)c12. The third kappa shape index (κ3) is 1.22. The Bertz CT molecular complexity index is 441. The van der Waals surface area contributed by atoms with Crippen molar-refractivity contribution in [3.05, 3.63) is 29.6 Å². The van der Waals surface area contributed by atoms with E-state index < -0.39 is 0 Å². The molecule has 2 aromatic heterocycles. The molecule has 0 spiro atoms. The maximum absolute atomic E-state index is 4.48. The van der Waals surface area contributed by atoms with Crippen LogP contribution in [0.1, 0.15) is 18.2 Å². The minimum atomic E-state index is 1.07. The monoisotopic (exact) mass is 174 g/mol. The van der Waals surface area contributed by atoms with Crippen molar-refractivity contribution in [1.82, 2.24) is 9.55 Å². The summed E-state index contributed by atoms with van der Waals surface area (Å²) in [4.78, 5) is 4.48. The first-order chi connectivity index (χ1) is 6.22. The Morgan fingerprint density at radius 2 is 2.23 bits per heavy atom. The van der Waals surface area contributed by atoms with Gasteiger partial charge in [0.05, 0.1) is 11.0 Å². The first-order valence-corrected chi connectivity index (χ1v) is 4.64. The summed E-state index contributed by atoms with van der Waals surface area (Å²) < 4.78 is 2.14. The summed E-state index contributed by atoms with van der Waals surface area (Å²) >= 11 is 0. The van der Waals surface area contributed by atoms with E-state index in [1.54, 1.807) is 0 Å². The summed E-state index contributed by atoms with van der Waals surface area (Å²) in [5.41, 5.74) is 4.87. The largest absolute Gasteiger partial charge is 0.349 e.